The Bertz CT molecular complexity index is 1290. The third kappa shape index (κ3) is 5.95. The largest absolute Gasteiger partial charge is 0.492 e. The molecule has 192 valence electrons. The zero-order valence-corrected chi connectivity index (χ0v) is 21.0. The van der Waals surface area contributed by atoms with Crippen LogP contribution in [-0.4, -0.2) is 73.5 Å². The van der Waals surface area contributed by atoms with E-state index in [2.05, 4.69) is 38.4 Å². The van der Waals surface area contributed by atoms with E-state index in [4.69, 9.17) is 20.2 Å². The predicted molar refractivity (Wildman–Crippen MR) is 143 cm³/mol. The van der Waals surface area contributed by atoms with Crippen molar-refractivity contribution >= 4 is 17.9 Å². The average Bonchev–Trinajstić information content (AvgIpc) is 3.34. The molecule has 0 bridgehead atoms. The van der Waals surface area contributed by atoms with Gasteiger partial charge in [0.05, 0.1) is 31.1 Å². The van der Waals surface area contributed by atoms with Gasteiger partial charge in [0.2, 0.25) is 0 Å². The number of nitrogens with zero attached hydrogens (tertiary/aromatic N) is 4. The van der Waals surface area contributed by atoms with E-state index in [1.54, 1.807) is 6.20 Å². The number of benzene rings is 2. The highest BCUT2D eigenvalue weighted by Gasteiger charge is 2.22. The summed E-state index contributed by atoms with van der Waals surface area (Å²) in [5, 5.41) is 2.54. The normalized spacial score (nSPS) is 17.6. The van der Waals surface area contributed by atoms with Gasteiger partial charge in [0.25, 0.3) is 5.91 Å². The molecule has 37 heavy (non-hydrogen) atoms. The van der Waals surface area contributed by atoms with Crippen molar-refractivity contribution in [2.24, 2.45) is 4.99 Å². The lowest BCUT2D eigenvalue weighted by Gasteiger charge is -2.26. The number of nitrogens with one attached hydrogen (secondary N) is 1. The van der Waals surface area contributed by atoms with Crippen LogP contribution in [0, 0.1) is 0 Å². The summed E-state index contributed by atoms with van der Waals surface area (Å²) in [4.78, 5) is 27.9. The number of hydrogen-bond donors (Lipinski definition) is 2. The van der Waals surface area contributed by atoms with E-state index in [1.165, 1.54) is 18.2 Å². The maximum absolute atomic E-state index is 12.0. The van der Waals surface area contributed by atoms with Crippen LogP contribution < -0.4 is 15.8 Å². The van der Waals surface area contributed by atoms with Crippen LogP contribution in [0.15, 0.2) is 53.7 Å². The molecular formula is C28H32N6O3. The first-order valence-corrected chi connectivity index (χ1v) is 12.6. The SMILES string of the molecule is CNC(=O)c1nc(-c2cccc(C=NC3CCc4cc(OCCN5CCOCC5)ccc43)c2)cnc1N. The van der Waals surface area contributed by atoms with Crippen LogP contribution in [0.3, 0.4) is 0 Å². The van der Waals surface area contributed by atoms with Gasteiger partial charge in [-0.25, -0.2) is 9.97 Å². The van der Waals surface area contributed by atoms with Gasteiger partial charge < -0.3 is 20.5 Å². The van der Waals surface area contributed by atoms with E-state index >= 15 is 0 Å². The Morgan fingerprint density at radius 3 is 2.97 bits per heavy atom. The van der Waals surface area contributed by atoms with Crippen LogP contribution in [0.2, 0.25) is 0 Å². The number of aryl methyl sites for hydroxylation is 1. The van der Waals surface area contributed by atoms with E-state index in [1.807, 2.05) is 30.5 Å². The molecule has 1 fully saturated rings. The quantitative estimate of drug-likeness (QED) is 0.457. The van der Waals surface area contributed by atoms with Crippen LogP contribution in [-0.2, 0) is 11.2 Å². The lowest BCUT2D eigenvalue weighted by atomic mass is 10.1. The summed E-state index contributed by atoms with van der Waals surface area (Å²) in [6.07, 6.45) is 5.44. The third-order valence-corrected chi connectivity index (χ3v) is 6.77. The number of aromatic nitrogens is 2. The second-order valence-electron chi connectivity index (χ2n) is 9.19. The van der Waals surface area contributed by atoms with E-state index in [0.717, 1.165) is 62.6 Å². The molecule has 1 unspecified atom stereocenters. The van der Waals surface area contributed by atoms with Crippen molar-refractivity contribution in [1.82, 2.24) is 20.2 Å². The first-order chi connectivity index (χ1) is 18.1. The van der Waals surface area contributed by atoms with Crippen molar-refractivity contribution in [2.45, 2.75) is 18.9 Å². The van der Waals surface area contributed by atoms with Gasteiger partial charge in [-0.1, -0.05) is 24.3 Å². The number of nitrogen functional groups attached to an aromatic ring is 1. The van der Waals surface area contributed by atoms with Crippen molar-refractivity contribution in [3.8, 4) is 17.0 Å². The van der Waals surface area contributed by atoms with Gasteiger partial charge >= 0.3 is 0 Å². The van der Waals surface area contributed by atoms with Gasteiger partial charge in [0.15, 0.2) is 11.5 Å². The fraction of sp³-hybridized carbons (Fsp3) is 0.357. The van der Waals surface area contributed by atoms with E-state index in [0.29, 0.717) is 12.3 Å². The number of carbonyl (C=O) groups excluding carboxylic acids is 1. The van der Waals surface area contributed by atoms with E-state index in [9.17, 15) is 4.79 Å². The van der Waals surface area contributed by atoms with Gasteiger partial charge in [0, 0.05) is 38.5 Å². The fourth-order valence-corrected chi connectivity index (χ4v) is 4.71. The lowest BCUT2D eigenvalue weighted by molar-refractivity contribution is 0.0322. The van der Waals surface area contributed by atoms with E-state index in [-0.39, 0.29) is 23.5 Å². The number of hydrogen-bond acceptors (Lipinski definition) is 8. The summed E-state index contributed by atoms with van der Waals surface area (Å²) in [6, 6.07) is 14.3. The van der Waals surface area contributed by atoms with Crippen LogP contribution in [0.25, 0.3) is 11.3 Å². The fourth-order valence-electron chi connectivity index (χ4n) is 4.71. The average molecular weight is 501 g/mol. The smallest absolute Gasteiger partial charge is 0.273 e. The molecule has 5 rings (SSSR count). The zero-order valence-electron chi connectivity index (χ0n) is 21.0. The zero-order chi connectivity index (χ0) is 25.6. The van der Waals surface area contributed by atoms with Gasteiger partial charge in [0.1, 0.15) is 12.4 Å². The van der Waals surface area contributed by atoms with Crippen LogP contribution in [0.5, 0.6) is 5.75 Å². The molecule has 1 aliphatic carbocycles. The first-order valence-electron chi connectivity index (χ1n) is 12.6. The lowest BCUT2D eigenvalue weighted by Crippen LogP contribution is -2.38. The van der Waals surface area contributed by atoms with Crippen LogP contribution in [0.4, 0.5) is 5.82 Å². The summed E-state index contributed by atoms with van der Waals surface area (Å²) in [7, 11) is 1.54. The Hall–Kier alpha value is -3.82. The molecule has 0 saturated carbocycles. The minimum atomic E-state index is -0.366. The predicted octanol–water partition coefficient (Wildman–Crippen LogP) is 2.90. The number of rotatable bonds is 8. The highest BCUT2D eigenvalue weighted by molar-refractivity contribution is 5.96. The van der Waals surface area contributed by atoms with Crippen molar-refractivity contribution in [1.29, 1.82) is 0 Å². The van der Waals surface area contributed by atoms with Gasteiger partial charge in [-0.15, -0.1) is 0 Å². The number of nitrogens with two attached hydrogens (primary N) is 1. The van der Waals surface area contributed by atoms with Gasteiger partial charge in [-0.2, -0.15) is 0 Å². The van der Waals surface area contributed by atoms with Gasteiger partial charge in [-0.3, -0.25) is 14.7 Å². The highest BCUT2D eigenvalue weighted by Crippen LogP contribution is 2.36. The molecule has 3 N–H and O–H groups in total. The van der Waals surface area contributed by atoms with Gasteiger partial charge in [-0.05, 0) is 47.7 Å². The number of ether oxygens (including phenoxy) is 2. The molecule has 9 heteroatoms. The third-order valence-electron chi connectivity index (χ3n) is 6.77. The topological polar surface area (TPSA) is 115 Å². The molecule has 0 spiro atoms. The van der Waals surface area contributed by atoms with Crippen molar-refractivity contribution in [2.75, 3.05) is 52.2 Å². The molecule has 1 amide bonds. The number of amides is 1. The number of anilines is 1. The molecule has 3 aromatic rings. The number of morpholine rings is 1. The summed E-state index contributed by atoms with van der Waals surface area (Å²) < 4.78 is 11.4. The molecule has 1 aliphatic heterocycles. The Morgan fingerprint density at radius 1 is 1.27 bits per heavy atom. The summed E-state index contributed by atoms with van der Waals surface area (Å²) in [6.45, 7) is 5.15. The second-order valence-corrected chi connectivity index (χ2v) is 9.19. The maximum atomic E-state index is 12.0. The second kappa shape index (κ2) is 11.5. The number of fused-ring (bicyclic) bond motifs is 1. The Morgan fingerprint density at radius 2 is 2.14 bits per heavy atom. The molecule has 2 aliphatic rings. The number of carbonyl (C=O) groups is 1. The molecule has 1 atom stereocenters. The molecular weight excluding hydrogens is 468 g/mol. The molecule has 9 nitrogen and oxygen atoms in total. The summed E-state index contributed by atoms with van der Waals surface area (Å²) in [5.74, 6) is 0.659. The monoisotopic (exact) mass is 500 g/mol. The minimum Gasteiger partial charge on any atom is -0.492 e. The first kappa shape index (κ1) is 24.9. The number of aliphatic imine (C=N–C) groups is 1. The Labute approximate surface area is 216 Å². The molecule has 1 aromatic heterocycles. The molecule has 0 radical (unpaired) electrons. The molecule has 1 saturated heterocycles. The van der Waals surface area contributed by atoms with E-state index < -0.39 is 0 Å². The van der Waals surface area contributed by atoms with Crippen molar-refractivity contribution in [3.05, 3.63) is 71.0 Å². The summed E-state index contributed by atoms with van der Waals surface area (Å²) >= 11 is 0. The van der Waals surface area contributed by atoms with Crippen molar-refractivity contribution < 1.29 is 14.3 Å². The maximum Gasteiger partial charge on any atom is 0.273 e. The Kier molecular flexibility index (Phi) is 7.72. The van der Waals surface area contributed by atoms with Crippen LogP contribution >= 0.6 is 0 Å². The van der Waals surface area contributed by atoms with Crippen molar-refractivity contribution in [3.63, 3.8) is 0 Å². The Balaban J connectivity index is 1.23. The minimum absolute atomic E-state index is 0.103. The summed E-state index contributed by atoms with van der Waals surface area (Å²) in [5.41, 5.74) is 10.9. The molecule has 2 heterocycles. The highest BCUT2D eigenvalue weighted by atomic mass is 16.5. The molecule has 2 aromatic carbocycles. The standard InChI is InChI=1S/C28H32N6O3/c1-30-28(35)26-27(29)32-18-25(33-26)21-4-2-3-19(15-21)17-31-24-8-5-20-16-22(6-7-23(20)24)37-14-11-34-9-12-36-13-10-34/h2-4,6-7,15-18,24H,5,8-14H2,1H3,(H2,29,32)(H,30,35). The van der Waals surface area contributed by atoms with Crippen LogP contribution in [0.1, 0.15) is 39.6 Å².